The summed E-state index contributed by atoms with van der Waals surface area (Å²) in [5.74, 6) is -0.572. The average Bonchev–Trinajstić information content (AvgIpc) is 2.54. The molecule has 1 amide bonds. The number of unbranched alkanes of at least 4 members (excludes halogenated alkanes) is 4. The molecule has 0 aliphatic rings. The minimum Gasteiger partial charge on any atom is -0.550 e. The van der Waals surface area contributed by atoms with Gasteiger partial charge in [0.15, 0.2) is 0 Å². The molecule has 128 valence electrons. The Bertz CT molecular complexity index is 488. The van der Waals surface area contributed by atoms with E-state index >= 15 is 0 Å². The molecule has 23 heavy (non-hydrogen) atoms. The Balaban J connectivity index is 2.35. The number of ether oxygens (including phenoxy) is 1. The van der Waals surface area contributed by atoms with Crippen molar-refractivity contribution in [3.05, 3.63) is 29.8 Å². The third kappa shape index (κ3) is 8.24. The molecule has 0 saturated heterocycles. The Kier molecular flexibility index (Phi) is 9.52. The molecule has 1 aromatic rings. The van der Waals surface area contributed by atoms with Crippen LogP contribution in [0.15, 0.2) is 24.3 Å². The number of carboxylic acid groups (broad SMARTS) is 1. The average molecular weight is 320 g/mol. The van der Waals surface area contributed by atoms with Gasteiger partial charge in [-0.25, -0.2) is 0 Å². The van der Waals surface area contributed by atoms with E-state index in [1.54, 1.807) is 12.1 Å². The molecule has 0 radical (unpaired) electrons. The number of benzene rings is 1. The summed E-state index contributed by atoms with van der Waals surface area (Å²) in [5, 5.41) is 13.1. The summed E-state index contributed by atoms with van der Waals surface area (Å²) < 4.78 is 5.70. The molecule has 0 saturated carbocycles. The lowest BCUT2D eigenvalue weighted by Gasteiger charge is -2.11. The van der Waals surface area contributed by atoms with E-state index in [1.165, 1.54) is 0 Å². The van der Waals surface area contributed by atoms with Crippen molar-refractivity contribution < 1.29 is 19.4 Å². The number of carboxylic acids is 1. The van der Waals surface area contributed by atoms with Gasteiger partial charge in [-0.1, -0.05) is 38.3 Å². The number of nitrogens with one attached hydrogen (secondary N) is 1. The third-order valence-electron chi connectivity index (χ3n) is 3.48. The fraction of sp³-hybridized carbons (Fsp3) is 0.556. The predicted octanol–water partition coefficient (Wildman–Crippen LogP) is 2.30. The van der Waals surface area contributed by atoms with Crippen molar-refractivity contribution in [2.75, 3.05) is 13.2 Å². The van der Waals surface area contributed by atoms with Crippen molar-refractivity contribution in [3.8, 4) is 5.75 Å². The number of carbonyl (C=O) groups is 2. The SMILES string of the molecule is CCCCCOc1ccccc1C(=O)NCCCCCC(=O)[O-]. The molecule has 0 aliphatic carbocycles. The second kappa shape index (κ2) is 11.5. The standard InChI is InChI=1S/C18H27NO4/c1-2-3-9-14-23-16-11-7-6-10-15(16)18(22)19-13-8-4-5-12-17(20)21/h6-7,10-11H,2-5,8-9,12-14H2,1H3,(H,19,22)(H,20,21)/p-1. The molecule has 1 N–H and O–H groups in total. The van der Waals surface area contributed by atoms with Crippen LogP contribution in [0.5, 0.6) is 5.75 Å². The Labute approximate surface area is 138 Å². The van der Waals surface area contributed by atoms with Gasteiger partial charge in [-0.15, -0.1) is 0 Å². The van der Waals surface area contributed by atoms with Crippen LogP contribution in [0.25, 0.3) is 0 Å². The molecule has 0 fully saturated rings. The summed E-state index contributed by atoms with van der Waals surface area (Å²) in [4.78, 5) is 22.5. The molecule has 5 nitrogen and oxygen atoms in total. The van der Waals surface area contributed by atoms with Gasteiger partial charge in [-0.05, 0) is 37.8 Å². The summed E-state index contributed by atoms with van der Waals surface area (Å²) in [7, 11) is 0. The van der Waals surface area contributed by atoms with E-state index in [9.17, 15) is 14.7 Å². The lowest BCUT2D eigenvalue weighted by molar-refractivity contribution is -0.305. The maximum absolute atomic E-state index is 12.2. The molecule has 0 spiro atoms. The van der Waals surface area contributed by atoms with E-state index in [0.717, 1.165) is 32.1 Å². The molecule has 0 bridgehead atoms. The van der Waals surface area contributed by atoms with Crippen LogP contribution in [0.2, 0.25) is 0 Å². The highest BCUT2D eigenvalue weighted by molar-refractivity contribution is 5.96. The van der Waals surface area contributed by atoms with Crippen molar-refractivity contribution >= 4 is 11.9 Å². The molecule has 0 atom stereocenters. The third-order valence-corrected chi connectivity index (χ3v) is 3.48. The second-order valence-electron chi connectivity index (χ2n) is 5.49. The number of para-hydroxylation sites is 1. The summed E-state index contributed by atoms with van der Waals surface area (Å²) in [6, 6.07) is 7.22. The van der Waals surface area contributed by atoms with Crippen molar-refractivity contribution in [1.82, 2.24) is 5.32 Å². The highest BCUT2D eigenvalue weighted by Crippen LogP contribution is 2.18. The minimum atomic E-state index is -1.02. The normalized spacial score (nSPS) is 10.3. The van der Waals surface area contributed by atoms with Crippen molar-refractivity contribution in [3.63, 3.8) is 0 Å². The quantitative estimate of drug-likeness (QED) is 0.599. The Hall–Kier alpha value is -2.04. The Morgan fingerprint density at radius 1 is 1.09 bits per heavy atom. The topological polar surface area (TPSA) is 78.5 Å². The number of hydrogen-bond acceptors (Lipinski definition) is 4. The van der Waals surface area contributed by atoms with Gasteiger partial charge < -0.3 is 20.0 Å². The number of carbonyl (C=O) groups excluding carboxylic acids is 2. The van der Waals surface area contributed by atoms with Crippen molar-refractivity contribution in [1.29, 1.82) is 0 Å². The first-order valence-electron chi connectivity index (χ1n) is 8.35. The van der Waals surface area contributed by atoms with Gasteiger partial charge in [0.2, 0.25) is 0 Å². The van der Waals surface area contributed by atoms with Gasteiger partial charge in [0.25, 0.3) is 5.91 Å². The molecular formula is C18H26NO4-. The smallest absolute Gasteiger partial charge is 0.255 e. The lowest BCUT2D eigenvalue weighted by atomic mass is 10.1. The fourth-order valence-corrected chi connectivity index (χ4v) is 2.18. The van der Waals surface area contributed by atoms with Gasteiger partial charge in [-0.3, -0.25) is 4.79 Å². The van der Waals surface area contributed by atoms with E-state index in [1.807, 2.05) is 12.1 Å². The summed E-state index contributed by atoms with van der Waals surface area (Å²) >= 11 is 0. The summed E-state index contributed by atoms with van der Waals surface area (Å²) in [6.45, 7) is 3.27. The van der Waals surface area contributed by atoms with Crippen LogP contribution >= 0.6 is 0 Å². The highest BCUT2D eigenvalue weighted by atomic mass is 16.5. The summed E-state index contributed by atoms with van der Waals surface area (Å²) in [6.07, 6.45) is 5.37. The molecule has 0 unspecified atom stereocenters. The minimum absolute atomic E-state index is 0.0718. The molecule has 1 aromatic carbocycles. The zero-order valence-electron chi connectivity index (χ0n) is 13.8. The molecule has 1 rings (SSSR count). The monoisotopic (exact) mass is 320 g/mol. The molecule has 0 aromatic heterocycles. The summed E-state index contributed by atoms with van der Waals surface area (Å²) in [5.41, 5.74) is 0.540. The van der Waals surface area contributed by atoms with E-state index in [4.69, 9.17) is 4.74 Å². The number of hydrogen-bond donors (Lipinski definition) is 1. The van der Waals surface area contributed by atoms with E-state index < -0.39 is 5.97 Å². The highest BCUT2D eigenvalue weighted by Gasteiger charge is 2.11. The van der Waals surface area contributed by atoms with Gasteiger partial charge in [0.1, 0.15) is 5.75 Å². The zero-order chi connectivity index (χ0) is 16.9. The first-order valence-corrected chi connectivity index (χ1v) is 8.35. The van der Waals surface area contributed by atoms with E-state index in [2.05, 4.69) is 12.2 Å². The largest absolute Gasteiger partial charge is 0.550 e. The number of rotatable bonds is 12. The number of amides is 1. The molecule has 5 heteroatoms. The molecule has 0 aliphatic heterocycles. The Morgan fingerprint density at radius 2 is 1.87 bits per heavy atom. The number of aliphatic carboxylic acids is 1. The van der Waals surface area contributed by atoms with Crippen LogP contribution in [0.4, 0.5) is 0 Å². The van der Waals surface area contributed by atoms with Crippen LogP contribution in [0.1, 0.15) is 62.2 Å². The van der Waals surface area contributed by atoms with Crippen LogP contribution in [-0.4, -0.2) is 25.0 Å². The van der Waals surface area contributed by atoms with Crippen molar-refractivity contribution in [2.45, 2.75) is 51.9 Å². The van der Waals surface area contributed by atoms with Crippen LogP contribution in [0.3, 0.4) is 0 Å². The van der Waals surface area contributed by atoms with E-state index in [-0.39, 0.29) is 12.3 Å². The van der Waals surface area contributed by atoms with Gasteiger partial charge >= 0.3 is 0 Å². The Morgan fingerprint density at radius 3 is 2.61 bits per heavy atom. The van der Waals surface area contributed by atoms with Gasteiger partial charge in [0, 0.05) is 12.5 Å². The zero-order valence-corrected chi connectivity index (χ0v) is 13.8. The maximum Gasteiger partial charge on any atom is 0.255 e. The van der Waals surface area contributed by atoms with Crippen LogP contribution in [-0.2, 0) is 4.79 Å². The van der Waals surface area contributed by atoms with Crippen LogP contribution in [0, 0.1) is 0 Å². The fourth-order valence-electron chi connectivity index (χ4n) is 2.18. The first-order chi connectivity index (χ1) is 11.1. The first kappa shape index (κ1) is 19.0. The molecular weight excluding hydrogens is 294 g/mol. The second-order valence-corrected chi connectivity index (χ2v) is 5.49. The van der Waals surface area contributed by atoms with Crippen LogP contribution < -0.4 is 15.2 Å². The maximum atomic E-state index is 12.2. The van der Waals surface area contributed by atoms with Gasteiger partial charge in [0.05, 0.1) is 12.2 Å². The lowest BCUT2D eigenvalue weighted by Crippen LogP contribution is -2.25. The molecule has 0 heterocycles. The van der Waals surface area contributed by atoms with Crippen molar-refractivity contribution in [2.24, 2.45) is 0 Å². The van der Waals surface area contributed by atoms with E-state index in [0.29, 0.717) is 30.9 Å². The predicted molar refractivity (Wildman–Crippen MR) is 87.3 cm³/mol. The van der Waals surface area contributed by atoms with Gasteiger partial charge in [-0.2, -0.15) is 0 Å².